The molecule has 0 aliphatic carbocycles. The molecule has 6 rings (SSSR count). The smallest absolute Gasteiger partial charge is 0.254 e. The maximum atomic E-state index is 13.8. The molecule has 3 nitrogen and oxygen atoms in total. The molecule has 2 unspecified atom stereocenters. The molecule has 2 saturated heterocycles. The minimum absolute atomic E-state index is 0.168. The number of hydrogen-bond acceptors (Lipinski definition) is 2. The van der Waals surface area contributed by atoms with Crippen LogP contribution in [0.5, 0.6) is 0 Å². The van der Waals surface area contributed by atoms with E-state index >= 15 is 0 Å². The lowest BCUT2D eigenvalue weighted by Crippen LogP contribution is -2.39. The zero-order chi connectivity index (χ0) is 25.0. The summed E-state index contributed by atoms with van der Waals surface area (Å²) in [6.07, 6.45) is 3.71. The van der Waals surface area contributed by atoms with Crippen molar-refractivity contribution < 1.29 is 4.79 Å². The first-order chi connectivity index (χ1) is 18.2. The number of likely N-dealkylation sites (tertiary alicyclic amines) is 2. The Hall–Kier alpha value is -3.43. The van der Waals surface area contributed by atoms with E-state index in [0.717, 1.165) is 55.0 Å². The van der Waals surface area contributed by atoms with Gasteiger partial charge in [0.2, 0.25) is 0 Å². The summed E-state index contributed by atoms with van der Waals surface area (Å²) in [6.45, 7) is 5.00. The van der Waals surface area contributed by atoms with Gasteiger partial charge in [0.15, 0.2) is 0 Å². The highest BCUT2D eigenvalue weighted by atomic mass is 16.2. The Bertz CT molecular complexity index is 1320. The van der Waals surface area contributed by atoms with Crippen LogP contribution in [-0.2, 0) is 6.42 Å². The average Bonchev–Trinajstić information content (AvgIpc) is 3.38. The molecule has 0 radical (unpaired) electrons. The van der Waals surface area contributed by atoms with Crippen LogP contribution in [0.15, 0.2) is 103 Å². The van der Waals surface area contributed by atoms with Gasteiger partial charge in [-0.15, -0.1) is 0 Å². The number of nitrogens with zero attached hydrogens (tertiary/aromatic N) is 2. The van der Waals surface area contributed by atoms with Crippen molar-refractivity contribution in [3.05, 3.63) is 120 Å². The molecule has 2 fully saturated rings. The molecule has 0 saturated carbocycles. The van der Waals surface area contributed by atoms with Crippen LogP contribution in [0.2, 0.25) is 0 Å². The van der Waals surface area contributed by atoms with E-state index in [1.54, 1.807) is 0 Å². The highest BCUT2D eigenvalue weighted by Gasteiger charge is 2.38. The molecule has 4 aromatic carbocycles. The van der Waals surface area contributed by atoms with E-state index < -0.39 is 0 Å². The van der Waals surface area contributed by atoms with E-state index in [-0.39, 0.29) is 5.91 Å². The molecule has 188 valence electrons. The van der Waals surface area contributed by atoms with Crippen molar-refractivity contribution in [1.29, 1.82) is 0 Å². The topological polar surface area (TPSA) is 23.6 Å². The van der Waals surface area contributed by atoms with Gasteiger partial charge < -0.3 is 9.80 Å². The zero-order valence-corrected chi connectivity index (χ0v) is 21.5. The SMILES string of the molecule is O=C(c1cccc2ccccc12)N1CC(CN2CCC(Cc3ccccc3)CC2)C(c2ccccc2)C1. The van der Waals surface area contributed by atoms with E-state index in [1.807, 2.05) is 24.3 Å². The third kappa shape index (κ3) is 5.33. The van der Waals surface area contributed by atoms with E-state index in [0.29, 0.717) is 11.8 Å². The largest absolute Gasteiger partial charge is 0.338 e. The van der Waals surface area contributed by atoms with Gasteiger partial charge in [-0.05, 0) is 72.2 Å². The van der Waals surface area contributed by atoms with Crippen LogP contribution in [0.4, 0.5) is 0 Å². The van der Waals surface area contributed by atoms with Gasteiger partial charge in [-0.25, -0.2) is 0 Å². The van der Waals surface area contributed by atoms with Crippen LogP contribution in [-0.4, -0.2) is 48.4 Å². The molecular formula is C34H36N2O. The first kappa shape index (κ1) is 23.9. The highest BCUT2D eigenvalue weighted by molar-refractivity contribution is 6.07. The molecule has 0 spiro atoms. The number of amides is 1. The van der Waals surface area contributed by atoms with Gasteiger partial charge in [0.25, 0.3) is 5.91 Å². The third-order valence-electron chi connectivity index (χ3n) is 8.54. The highest BCUT2D eigenvalue weighted by Crippen LogP contribution is 2.35. The predicted molar refractivity (Wildman–Crippen MR) is 152 cm³/mol. The molecular weight excluding hydrogens is 452 g/mol. The molecule has 0 aromatic heterocycles. The third-order valence-corrected chi connectivity index (χ3v) is 8.54. The summed E-state index contributed by atoms with van der Waals surface area (Å²) >= 11 is 0. The van der Waals surface area contributed by atoms with Gasteiger partial charge in [0.1, 0.15) is 0 Å². The first-order valence-electron chi connectivity index (χ1n) is 13.8. The molecule has 1 amide bonds. The fourth-order valence-corrected chi connectivity index (χ4v) is 6.53. The molecule has 0 bridgehead atoms. The van der Waals surface area contributed by atoms with Crippen LogP contribution < -0.4 is 0 Å². The summed E-state index contributed by atoms with van der Waals surface area (Å²) in [5.41, 5.74) is 3.65. The van der Waals surface area contributed by atoms with E-state index in [4.69, 9.17) is 0 Å². The van der Waals surface area contributed by atoms with Gasteiger partial charge in [0.05, 0.1) is 0 Å². The first-order valence-corrected chi connectivity index (χ1v) is 13.8. The Morgan fingerprint density at radius 1 is 0.730 bits per heavy atom. The minimum Gasteiger partial charge on any atom is -0.338 e. The number of piperidine rings is 1. The maximum absolute atomic E-state index is 13.8. The molecule has 0 N–H and O–H groups in total. The number of rotatable bonds is 6. The molecule has 2 aliphatic heterocycles. The normalized spacial score (nSPS) is 20.9. The summed E-state index contributed by atoms with van der Waals surface area (Å²) in [6, 6.07) is 36.1. The Labute approximate surface area is 220 Å². The summed E-state index contributed by atoms with van der Waals surface area (Å²) in [5.74, 6) is 1.77. The van der Waals surface area contributed by atoms with E-state index in [1.165, 1.54) is 30.4 Å². The quantitative estimate of drug-likeness (QED) is 0.303. The zero-order valence-electron chi connectivity index (χ0n) is 21.5. The lowest BCUT2D eigenvalue weighted by atomic mass is 9.86. The Morgan fingerprint density at radius 2 is 1.41 bits per heavy atom. The van der Waals surface area contributed by atoms with Gasteiger partial charge >= 0.3 is 0 Å². The van der Waals surface area contributed by atoms with E-state index in [9.17, 15) is 4.79 Å². The van der Waals surface area contributed by atoms with Gasteiger partial charge in [-0.2, -0.15) is 0 Å². The summed E-state index contributed by atoms with van der Waals surface area (Å²) < 4.78 is 0. The molecule has 3 heteroatoms. The number of fused-ring (bicyclic) bond motifs is 1. The summed E-state index contributed by atoms with van der Waals surface area (Å²) in [4.78, 5) is 18.6. The van der Waals surface area contributed by atoms with Crippen molar-refractivity contribution in [2.24, 2.45) is 11.8 Å². The van der Waals surface area contributed by atoms with Crippen LogP contribution in [0, 0.1) is 11.8 Å². The van der Waals surface area contributed by atoms with Gasteiger partial charge in [0, 0.05) is 31.1 Å². The van der Waals surface area contributed by atoms with Crippen LogP contribution in [0.3, 0.4) is 0 Å². The van der Waals surface area contributed by atoms with Crippen LogP contribution in [0.1, 0.15) is 40.2 Å². The Morgan fingerprint density at radius 3 is 2.19 bits per heavy atom. The second-order valence-electron chi connectivity index (χ2n) is 10.9. The van der Waals surface area contributed by atoms with Crippen LogP contribution in [0.25, 0.3) is 10.8 Å². The lowest BCUT2D eigenvalue weighted by molar-refractivity contribution is 0.0782. The Kier molecular flexibility index (Phi) is 7.05. The molecule has 37 heavy (non-hydrogen) atoms. The van der Waals surface area contributed by atoms with Crippen molar-refractivity contribution in [2.45, 2.75) is 25.2 Å². The second kappa shape index (κ2) is 10.9. The molecule has 2 atom stereocenters. The number of benzene rings is 4. The Balaban J connectivity index is 1.16. The van der Waals surface area contributed by atoms with Crippen LogP contribution >= 0.6 is 0 Å². The number of carbonyl (C=O) groups excluding carboxylic acids is 1. The van der Waals surface area contributed by atoms with Crippen molar-refractivity contribution in [2.75, 3.05) is 32.7 Å². The fraction of sp³-hybridized carbons (Fsp3) is 0.324. The lowest BCUT2D eigenvalue weighted by Gasteiger charge is -2.34. The summed E-state index contributed by atoms with van der Waals surface area (Å²) in [7, 11) is 0. The van der Waals surface area contributed by atoms with Crippen molar-refractivity contribution >= 4 is 16.7 Å². The molecule has 2 aliphatic rings. The van der Waals surface area contributed by atoms with Crippen molar-refractivity contribution in [3.63, 3.8) is 0 Å². The van der Waals surface area contributed by atoms with E-state index in [2.05, 4.69) is 88.7 Å². The molecule has 4 aromatic rings. The van der Waals surface area contributed by atoms with Crippen molar-refractivity contribution in [1.82, 2.24) is 9.80 Å². The number of carbonyl (C=O) groups is 1. The maximum Gasteiger partial charge on any atom is 0.254 e. The predicted octanol–water partition coefficient (Wildman–Crippen LogP) is 6.65. The minimum atomic E-state index is 0.168. The average molecular weight is 489 g/mol. The summed E-state index contributed by atoms with van der Waals surface area (Å²) in [5, 5.41) is 2.18. The van der Waals surface area contributed by atoms with Gasteiger partial charge in [-0.3, -0.25) is 4.79 Å². The standard InChI is InChI=1S/C34H36N2O/c37-34(32-17-9-15-28-14-7-8-16-31(28)32)36-24-30(33(25-36)29-12-5-2-6-13-29)23-35-20-18-27(19-21-35)22-26-10-3-1-4-11-26/h1-17,27,30,33H,18-25H2. The monoisotopic (exact) mass is 488 g/mol. The second-order valence-corrected chi connectivity index (χ2v) is 10.9. The fourth-order valence-electron chi connectivity index (χ4n) is 6.53. The van der Waals surface area contributed by atoms with Gasteiger partial charge in [-0.1, -0.05) is 97.1 Å². The number of hydrogen-bond donors (Lipinski definition) is 0. The van der Waals surface area contributed by atoms with Crippen molar-refractivity contribution in [3.8, 4) is 0 Å². The molecule has 2 heterocycles.